The summed E-state index contributed by atoms with van der Waals surface area (Å²) in [7, 11) is 1.95. The molecule has 0 bridgehead atoms. The summed E-state index contributed by atoms with van der Waals surface area (Å²) < 4.78 is 1.97. The van der Waals surface area contributed by atoms with Gasteiger partial charge in [-0.2, -0.15) is 0 Å². The molecule has 1 amide bonds. The number of rotatable bonds is 7. The quantitative estimate of drug-likeness (QED) is 0.698. The van der Waals surface area contributed by atoms with Gasteiger partial charge in [-0.25, -0.2) is 0 Å². The first-order valence-electron chi connectivity index (χ1n) is 9.29. The summed E-state index contributed by atoms with van der Waals surface area (Å²) in [6.07, 6.45) is 2.24. The second-order valence-corrected chi connectivity index (χ2v) is 7.40. The van der Waals surface area contributed by atoms with E-state index in [1.807, 2.05) is 16.5 Å². The Labute approximate surface area is 159 Å². The molecule has 1 aromatic heterocycles. The summed E-state index contributed by atoms with van der Waals surface area (Å²) in [5.41, 5.74) is 2.25. The SMILES string of the molecule is CCN(CC)c1ccc(-c2nnc(SCC(=O)N3CCCC3)n2C)cc1. The first-order chi connectivity index (χ1) is 12.6. The Hall–Kier alpha value is -2.02. The standard InChI is InChI=1S/C19H27N5OS/c1-4-23(5-2)16-10-8-15(9-11-16)18-20-21-19(22(18)3)26-14-17(25)24-12-6-7-13-24/h8-11H,4-7,12-14H2,1-3H3. The van der Waals surface area contributed by atoms with E-state index in [9.17, 15) is 4.79 Å². The zero-order valence-electron chi connectivity index (χ0n) is 15.8. The molecular formula is C19H27N5OS. The number of nitrogens with zero attached hydrogens (tertiary/aromatic N) is 5. The van der Waals surface area contributed by atoms with Crippen LogP contribution in [-0.4, -0.2) is 57.5 Å². The van der Waals surface area contributed by atoms with E-state index in [0.29, 0.717) is 5.75 Å². The minimum atomic E-state index is 0.195. The van der Waals surface area contributed by atoms with Gasteiger partial charge in [0.25, 0.3) is 0 Å². The van der Waals surface area contributed by atoms with Crippen LogP contribution in [0.3, 0.4) is 0 Å². The van der Waals surface area contributed by atoms with E-state index in [2.05, 4.69) is 53.2 Å². The van der Waals surface area contributed by atoms with Crippen LogP contribution in [-0.2, 0) is 11.8 Å². The molecule has 3 rings (SSSR count). The maximum Gasteiger partial charge on any atom is 0.233 e. The lowest BCUT2D eigenvalue weighted by atomic mass is 10.2. The van der Waals surface area contributed by atoms with Crippen molar-refractivity contribution in [1.82, 2.24) is 19.7 Å². The molecule has 1 aliphatic heterocycles. The molecule has 0 saturated carbocycles. The van der Waals surface area contributed by atoms with Gasteiger partial charge in [-0.05, 0) is 51.0 Å². The Bertz CT molecular complexity index is 733. The van der Waals surface area contributed by atoms with Gasteiger partial charge < -0.3 is 14.4 Å². The molecule has 0 unspecified atom stereocenters. The average molecular weight is 374 g/mol. The molecule has 2 heterocycles. The second-order valence-electron chi connectivity index (χ2n) is 6.46. The number of hydrogen-bond acceptors (Lipinski definition) is 5. The molecular weight excluding hydrogens is 346 g/mol. The van der Waals surface area contributed by atoms with Gasteiger partial charge in [0.2, 0.25) is 5.91 Å². The first kappa shape index (κ1) is 18.8. The van der Waals surface area contributed by atoms with Crippen LogP contribution in [0, 0.1) is 0 Å². The normalized spacial score (nSPS) is 14.0. The van der Waals surface area contributed by atoms with E-state index in [0.717, 1.165) is 55.6 Å². The summed E-state index contributed by atoms with van der Waals surface area (Å²) in [4.78, 5) is 16.5. The van der Waals surface area contributed by atoms with E-state index in [1.54, 1.807) is 0 Å². The van der Waals surface area contributed by atoms with Crippen LogP contribution in [0.1, 0.15) is 26.7 Å². The summed E-state index contributed by atoms with van der Waals surface area (Å²) in [6.45, 7) is 8.09. The van der Waals surface area contributed by atoms with Crippen molar-refractivity contribution in [2.24, 2.45) is 7.05 Å². The smallest absolute Gasteiger partial charge is 0.233 e. The van der Waals surface area contributed by atoms with Gasteiger partial charge in [-0.15, -0.1) is 10.2 Å². The summed E-state index contributed by atoms with van der Waals surface area (Å²) in [5, 5.41) is 9.38. The molecule has 0 aliphatic carbocycles. The third-order valence-electron chi connectivity index (χ3n) is 4.87. The number of likely N-dealkylation sites (tertiary alicyclic amines) is 1. The molecule has 26 heavy (non-hydrogen) atoms. The van der Waals surface area contributed by atoms with Gasteiger partial charge in [0.15, 0.2) is 11.0 Å². The lowest BCUT2D eigenvalue weighted by molar-refractivity contribution is -0.127. The highest BCUT2D eigenvalue weighted by molar-refractivity contribution is 7.99. The lowest BCUT2D eigenvalue weighted by Crippen LogP contribution is -2.29. The van der Waals surface area contributed by atoms with Crippen molar-refractivity contribution in [3.63, 3.8) is 0 Å². The highest BCUT2D eigenvalue weighted by Crippen LogP contribution is 2.25. The second kappa shape index (κ2) is 8.58. The maximum atomic E-state index is 12.2. The van der Waals surface area contributed by atoms with E-state index in [1.165, 1.54) is 17.4 Å². The summed E-state index contributed by atoms with van der Waals surface area (Å²) >= 11 is 1.46. The molecule has 1 fully saturated rings. The van der Waals surface area contributed by atoms with Crippen molar-refractivity contribution in [1.29, 1.82) is 0 Å². The highest BCUT2D eigenvalue weighted by Gasteiger charge is 2.19. The molecule has 1 aromatic carbocycles. The van der Waals surface area contributed by atoms with Crippen LogP contribution in [0.4, 0.5) is 5.69 Å². The molecule has 6 nitrogen and oxygen atoms in total. The number of anilines is 1. The predicted molar refractivity (Wildman–Crippen MR) is 107 cm³/mol. The largest absolute Gasteiger partial charge is 0.372 e. The fourth-order valence-electron chi connectivity index (χ4n) is 3.29. The molecule has 7 heteroatoms. The highest BCUT2D eigenvalue weighted by atomic mass is 32.2. The topological polar surface area (TPSA) is 54.3 Å². The Morgan fingerprint density at radius 2 is 1.77 bits per heavy atom. The molecule has 0 spiro atoms. The van der Waals surface area contributed by atoms with Crippen LogP contribution < -0.4 is 4.90 Å². The van der Waals surface area contributed by atoms with E-state index in [-0.39, 0.29) is 5.91 Å². The fraction of sp³-hybridized carbons (Fsp3) is 0.526. The number of carbonyl (C=O) groups is 1. The van der Waals surface area contributed by atoms with Gasteiger partial charge in [0.05, 0.1) is 5.75 Å². The van der Waals surface area contributed by atoms with Crippen molar-refractivity contribution < 1.29 is 4.79 Å². The molecule has 1 saturated heterocycles. The molecule has 0 atom stereocenters. The maximum absolute atomic E-state index is 12.2. The zero-order valence-corrected chi connectivity index (χ0v) is 16.6. The number of amides is 1. The van der Waals surface area contributed by atoms with Gasteiger partial charge in [0, 0.05) is 44.5 Å². The Kier molecular flexibility index (Phi) is 6.19. The van der Waals surface area contributed by atoms with Gasteiger partial charge in [-0.3, -0.25) is 4.79 Å². The van der Waals surface area contributed by atoms with E-state index >= 15 is 0 Å². The number of thioether (sulfide) groups is 1. The van der Waals surface area contributed by atoms with Crippen molar-refractivity contribution in [2.75, 3.05) is 36.8 Å². The fourth-order valence-corrected chi connectivity index (χ4v) is 4.10. The monoisotopic (exact) mass is 373 g/mol. The van der Waals surface area contributed by atoms with Crippen molar-refractivity contribution in [2.45, 2.75) is 31.8 Å². The Morgan fingerprint density at radius 3 is 2.38 bits per heavy atom. The van der Waals surface area contributed by atoms with E-state index in [4.69, 9.17) is 0 Å². The first-order valence-corrected chi connectivity index (χ1v) is 10.3. The van der Waals surface area contributed by atoms with Crippen molar-refractivity contribution >= 4 is 23.4 Å². The summed E-state index contributed by atoms with van der Waals surface area (Å²) in [6, 6.07) is 8.42. The number of hydrogen-bond donors (Lipinski definition) is 0. The van der Waals surface area contributed by atoms with E-state index < -0.39 is 0 Å². The molecule has 0 radical (unpaired) electrons. The molecule has 1 aliphatic rings. The number of benzene rings is 1. The summed E-state index contributed by atoms with van der Waals surface area (Å²) in [5.74, 6) is 1.44. The van der Waals surface area contributed by atoms with Crippen LogP contribution in [0.25, 0.3) is 11.4 Å². The van der Waals surface area contributed by atoms with Crippen molar-refractivity contribution in [3.05, 3.63) is 24.3 Å². The van der Waals surface area contributed by atoms with Crippen LogP contribution in [0.2, 0.25) is 0 Å². The zero-order chi connectivity index (χ0) is 18.5. The molecule has 2 aromatic rings. The van der Waals surface area contributed by atoms with Gasteiger partial charge in [-0.1, -0.05) is 11.8 Å². The Morgan fingerprint density at radius 1 is 1.12 bits per heavy atom. The molecule has 0 N–H and O–H groups in total. The average Bonchev–Trinajstić information content (AvgIpc) is 3.32. The Balaban J connectivity index is 1.67. The number of carbonyl (C=O) groups excluding carboxylic acids is 1. The van der Waals surface area contributed by atoms with Gasteiger partial charge in [0.1, 0.15) is 0 Å². The van der Waals surface area contributed by atoms with Crippen LogP contribution in [0.15, 0.2) is 29.4 Å². The van der Waals surface area contributed by atoms with Crippen LogP contribution >= 0.6 is 11.8 Å². The van der Waals surface area contributed by atoms with Gasteiger partial charge >= 0.3 is 0 Å². The minimum absolute atomic E-state index is 0.195. The lowest BCUT2D eigenvalue weighted by Gasteiger charge is -2.21. The minimum Gasteiger partial charge on any atom is -0.372 e. The predicted octanol–water partition coefficient (Wildman–Crippen LogP) is 3.04. The number of aromatic nitrogens is 3. The molecule has 140 valence electrons. The van der Waals surface area contributed by atoms with Crippen molar-refractivity contribution in [3.8, 4) is 11.4 Å². The third-order valence-corrected chi connectivity index (χ3v) is 5.88. The third kappa shape index (κ3) is 4.03. The van der Waals surface area contributed by atoms with Crippen LogP contribution in [0.5, 0.6) is 0 Å².